The molecule has 1 saturated heterocycles. The number of hydrogen-bond acceptors (Lipinski definition) is 4. The molecule has 0 aromatic rings. The van der Waals surface area contributed by atoms with Crippen LogP contribution in [0.5, 0.6) is 0 Å². The Hall–Kier alpha value is -0.610. The summed E-state index contributed by atoms with van der Waals surface area (Å²) in [5.41, 5.74) is -0.604. The molecule has 0 aromatic heterocycles. The van der Waals surface area contributed by atoms with Crippen molar-refractivity contribution in [2.45, 2.75) is 52.1 Å². The number of nitrogens with zero attached hydrogens (tertiary/aromatic N) is 1. The number of ether oxygens (including phenoxy) is 1. The van der Waals surface area contributed by atoms with Crippen LogP contribution in [-0.4, -0.2) is 49.2 Å². The van der Waals surface area contributed by atoms with E-state index >= 15 is 0 Å². The minimum Gasteiger partial charge on any atom is -0.465 e. The quantitative estimate of drug-likeness (QED) is 0.734. The van der Waals surface area contributed by atoms with E-state index in [4.69, 9.17) is 4.74 Å². The molecule has 0 bridgehead atoms. The highest BCUT2D eigenvalue weighted by molar-refractivity contribution is 5.80. The summed E-state index contributed by atoms with van der Waals surface area (Å²) in [5.74, 6) is 0.484. The van der Waals surface area contributed by atoms with Crippen molar-refractivity contribution in [3.8, 4) is 0 Å². The molecule has 0 amide bonds. The standard InChI is InChI=1S/C14H28N2O2/c1-6-18-13(17)14(4,15-5)10-16-9-7-8-12(16)11(2)3/h11-12,15H,6-10H2,1-5H3. The summed E-state index contributed by atoms with van der Waals surface area (Å²) in [7, 11) is 1.83. The second-order valence-corrected chi connectivity index (χ2v) is 5.73. The van der Waals surface area contributed by atoms with Crippen LogP contribution in [0.1, 0.15) is 40.5 Å². The van der Waals surface area contributed by atoms with Crippen molar-refractivity contribution >= 4 is 5.97 Å². The van der Waals surface area contributed by atoms with Crippen molar-refractivity contribution in [3.05, 3.63) is 0 Å². The topological polar surface area (TPSA) is 41.6 Å². The summed E-state index contributed by atoms with van der Waals surface area (Å²) >= 11 is 0. The highest BCUT2D eigenvalue weighted by Gasteiger charge is 2.38. The molecule has 2 atom stereocenters. The third-order valence-electron chi connectivity index (χ3n) is 3.98. The van der Waals surface area contributed by atoms with Crippen molar-refractivity contribution in [2.24, 2.45) is 5.92 Å². The zero-order valence-corrected chi connectivity index (χ0v) is 12.5. The maximum Gasteiger partial charge on any atom is 0.327 e. The van der Waals surface area contributed by atoms with Crippen molar-refractivity contribution < 1.29 is 9.53 Å². The fraction of sp³-hybridized carbons (Fsp3) is 0.929. The number of rotatable bonds is 6. The van der Waals surface area contributed by atoms with Gasteiger partial charge in [-0.25, -0.2) is 0 Å². The van der Waals surface area contributed by atoms with Crippen LogP contribution in [0, 0.1) is 5.92 Å². The van der Waals surface area contributed by atoms with Crippen LogP contribution >= 0.6 is 0 Å². The first-order valence-electron chi connectivity index (χ1n) is 7.04. The Bertz CT molecular complexity index is 281. The van der Waals surface area contributed by atoms with E-state index in [0.29, 0.717) is 18.6 Å². The second kappa shape index (κ2) is 6.53. The highest BCUT2D eigenvalue weighted by atomic mass is 16.5. The van der Waals surface area contributed by atoms with E-state index in [0.717, 1.165) is 13.1 Å². The second-order valence-electron chi connectivity index (χ2n) is 5.73. The van der Waals surface area contributed by atoms with E-state index in [2.05, 4.69) is 24.1 Å². The summed E-state index contributed by atoms with van der Waals surface area (Å²) in [6.07, 6.45) is 2.46. The third kappa shape index (κ3) is 3.45. The largest absolute Gasteiger partial charge is 0.465 e. The number of carbonyl (C=O) groups is 1. The molecular weight excluding hydrogens is 228 g/mol. The first-order valence-corrected chi connectivity index (χ1v) is 7.04. The molecule has 0 aromatic carbocycles. The molecule has 4 heteroatoms. The maximum atomic E-state index is 12.0. The zero-order chi connectivity index (χ0) is 13.8. The predicted octanol–water partition coefficient (Wildman–Crippen LogP) is 1.65. The van der Waals surface area contributed by atoms with E-state index in [1.807, 2.05) is 20.9 Å². The van der Waals surface area contributed by atoms with E-state index in [9.17, 15) is 4.79 Å². The zero-order valence-electron chi connectivity index (χ0n) is 12.5. The molecule has 1 fully saturated rings. The number of esters is 1. The van der Waals surface area contributed by atoms with Crippen LogP contribution < -0.4 is 5.32 Å². The van der Waals surface area contributed by atoms with Gasteiger partial charge in [-0.05, 0) is 46.2 Å². The Kier molecular flexibility index (Phi) is 5.60. The normalized spacial score (nSPS) is 24.2. The van der Waals surface area contributed by atoms with Crippen molar-refractivity contribution in [2.75, 3.05) is 26.7 Å². The Labute approximate surface area is 111 Å². The Morgan fingerprint density at radius 2 is 2.22 bits per heavy atom. The summed E-state index contributed by atoms with van der Waals surface area (Å²) in [6, 6.07) is 0.590. The molecule has 1 N–H and O–H groups in total. The van der Waals surface area contributed by atoms with Crippen LogP contribution in [0.4, 0.5) is 0 Å². The lowest BCUT2D eigenvalue weighted by Crippen LogP contribution is -2.57. The number of likely N-dealkylation sites (tertiary alicyclic amines) is 1. The average Bonchev–Trinajstić information content (AvgIpc) is 2.77. The van der Waals surface area contributed by atoms with Crippen molar-refractivity contribution in [1.82, 2.24) is 10.2 Å². The molecule has 0 radical (unpaired) electrons. The number of hydrogen-bond donors (Lipinski definition) is 1. The molecule has 106 valence electrons. The fourth-order valence-corrected chi connectivity index (χ4v) is 2.75. The summed E-state index contributed by atoms with van der Waals surface area (Å²) in [6.45, 7) is 10.5. The third-order valence-corrected chi connectivity index (χ3v) is 3.98. The van der Waals surface area contributed by atoms with Crippen LogP contribution in [0.15, 0.2) is 0 Å². The van der Waals surface area contributed by atoms with Crippen LogP contribution in [0.2, 0.25) is 0 Å². The summed E-state index contributed by atoms with van der Waals surface area (Å²) in [4.78, 5) is 14.5. The van der Waals surface area contributed by atoms with Gasteiger partial charge in [-0.1, -0.05) is 13.8 Å². The molecule has 0 spiro atoms. The molecule has 4 nitrogen and oxygen atoms in total. The first-order chi connectivity index (χ1) is 8.44. The lowest BCUT2D eigenvalue weighted by molar-refractivity contribution is -0.151. The molecule has 0 aliphatic carbocycles. The predicted molar refractivity (Wildman–Crippen MR) is 73.5 cm³/mol. The van der Waals surface area contributed by atoms with Gasteiger partial charge in [-0.15, -0.1) is 0 Å². The Morgan fingerprint density at radius 1 is 1.56 bits per heavy atom. The molecule has 1 aliphatic rings. The SMILES string of the molecule is CCOC(=O)C(C)(CN1CCCC1C(C)C)NC. The van der Waals surface area contributed by atoms with Gasteiger partial charge in [0.1, 0.15) is 5.54 Å². The van der Waals surface area contributed by atoms with E-state index in [1.54, 1.807) is 0 Å². The number of carbonyl (C=O) groups excluding carboxylic acids is 1. The van der Waals surface area contributed by atoms with Crippen LogP contribution in [-0.2, 0) is 9.53 Å². The van der Waals surface area contributed by atoms with Crippen LogP contribution in [0.25, 0.3) is 0 Å². The maximum absolute atomic E-state index is 12.0. The molecule has 0 saturated carbocycles. The van der Waals surface area contributed by atoms with Gasteiger partial charge < -0.3 is 10.1 Å². The molecule has 1 aliphatic heterocycles. The monoisotopic (exact) mass is 256 g/mol. The van der Waals surface area contributed by atoms with Gasteiger partial charge in [0, 0.05) is 12.6 Å². The number of likely N-dealkylation sites (N-methyl/N-ethyl adjacent to an activating group) is 1. The van der Waals surface area contributed by atoms with E-state index < -0.39 is 5.54 Å². The first kappa shape index (κ1) is 15.4. The van der Waals surface area contributed by atoms with Gasteiger partial charge in [0.05, 0.1) is 6.61 Å². The van der Waals surface area contributed by atoms with Gasteiger partial charge in [-0.3, -0.25) is 9.69 Å². The molecule has 1 heterocycles. The lowest BCUT2D eigenvalue weighted by atomic mass is 9.98. The minimum atomic E-state index is -0.604. The average molecular weight is 256 g/mol. The van der Waals surface area contributed by atoms with E-state index in [-0.39, 0.29) is 5.97 Å². The van der Waals surface area contributed by atoms with Crippen molar-refractivity contribution in [1.29, 1.82) is 0 Å². The summed E-state index contributed by atoms with van der Waals surface area (Å²) < 4.78 is 5.18. The minimum absolute atomic E-state index is 0.151. The van der Waals surface area contributed by atoms with Crippen LogP contribution in [0.3, 0.4) is 0 Å². The summed E-state index contributed by atoms with van der Waals surface area (Å²) in [5, 5.41) is 3.13. The highest BCUT2D eigenvalue weighted by Crippen LogP contribution is 2.25. The molecule has 2 unspecified atom stereocenters. The molecular formula is C14H28N2O2. The lowest BCUT2D eigenvalue weighted by Gasteiger charge is -2.35. The van der Waals surface area contributed by atoms with Gasteiger partial charge >= 0.3 is 5.97 Å². The molecule has 1 rings (SSSR count). The van der Waals surface area contributed by atoms with Gasteiger partial charge in [0.15, 0.2) is 0 Å². The number of nitrogens with one attached hydrogen (secondary N) is 1. The smallest absolute Gasteiger partial charge is 0.327 e. The Morgan fingerprint density at radius 3 is 2.72 bits per heavy atom. The van der Waals surface area contributed by atoms with Crippen molar-refractivity contribution in [3.63, 3.8) is 0 Å². The van der Waals surface area contributed by atoms with Gasteiger partial charge in [-0.2, -0.15) is 0 Å². The van der Waals surface area contributed by atoms with Gasteiger partial charge in [0.2, 0.25) is 0 Å². The van der Waals surface area contributed by atoms with Gasteiger partial charge in [0.25, 0.3) is 0 Å². The molecule has 18 heavy (non-hydrogen) atoms. The van der Waals surface area contributed by atoms with E-state index in [1.165, 1.54) is 12.8 Å². The Balaban J connectivity index is 2.69. The fourth-order valence-electron chi connectivity index (χ4n) is 2.75.